The normalized spacial score (nSPS) is 17.9. The zero-order valence-corrected chi connectivity index (χ0v) is 10.1. The van der Waals surface area contributed by atoms with Gasteiger partial charge in [0.1, 0.15) is 5.82 Å². The number of rotatable bonds is 4. The third-order valence-corrected chi connectivity index (χ3v) is 3.88. The van der Waals surface area contributed by atoms with Gasteiger partial charge in [-0.05, 0) is 31.7 Å². The molecule has 1 aromatic rings. The van der Waals surface area contributed by atoms with Crippen LogP contribution in [0.4, 0.5) is 5.13 Å². The molecule has 3 N–H and O–H groups in total. The van der Waals surface area contributed by atoms with Gasteiger partial charge in [0.25, 0.3) is 0 Å². The summed E-state index contributed by atoms with van der Waals surface area (Å²) in [6.07, 6.45) is 3.81. The molecule has 0 radical (unpaired) electrons. The predicted molar refractivity (Wildman–Crippen MR) is 63.2 cm³/mol. The summed E-state index contributed by atoms with van der Waals surface area (Å²) in [5.74, 6) is 0.693. The van der Waals surface area contributed by atoms with Crippen molar-refractivity contribution in [2.45, 2.75) is 32.6 Å². The first-order valence-electron chi connectivity index (χ1n) is 5.44. The third kappa shape index (κ3) is 2.38. The lowest BCUT2D eigenvalue weighted by molar-refractivity contribution is -0.119. The Morgan fingerprint density at radius 1 is 1.62 bits per heavy atom. The third-order valence-electron chi connectivity index (χ3n) is 3.16. The number of anilines is 1. The van der Waals surface area contributed by atoms with Crippen molar-refractivity contribution >= 4 is 22.6 Å². The molecule has 6 heteroatoms. The van der Waals surface area contributed by atoms with E-state index >= 15 is 0 Å². The summed E-state index contributed by atoms with van der Waals surface area (Å²) < 4.78 is 4.01. The molecule has 0 saturated heterocycles. The van der Waals surface area contributed by atoms with E-state index in [-0.39, 0.29) is 11.3 Å². The van der Waals surface area contributed by atoms with E-state index in [1.165, 1.54) is 18.0 Å². The Kier molecular flexibility index (Phi) is 3.20. The summed E-state index contributed by atoms with van der Waals surface area (Å²) in [4.78, 5) is 15.9. The van der Waals surface area contributed by atoms with Crippen molar-refractivity contribution in [1.82, 2.24) is 9.36 Å². The van der Waals surface area contributed by atoms with Crippen molar-refractivity contribution in [3.05, 3.63) is 5.82 Å². The number of hydrogen-bond acceptors (Lipinski definition) is 5. The van der Waals surface area contributed by atoms with Crippen LogP contribution >= 0.6 is 11.5 Å². The minimum atomic E-state index is 0.00120. The molecule has 0 bridgehead atoms. The summed E-state index contributed by atoms with van der Waals surface area (Å²) in [6.45, 7) is 2.40. The number of aryl methyl sites for hydroxylation is 1. The van der Waals surface area contributed by atoms with Crippen LogP contribution in [0.5, 0.6) is 0 Å². The van der Waals surface area contributed by atoms with Crippen molar-refractivity contribution in [3.63, 3.8) is 0 Å². The fourth-order valence-electron chi connectivity index (χ4n) is 1.98. The van der Waals surface area contributed by atoms with Crippen molar-refractivity contribution in [2.75, 3.05) is 11.9 Å². The SMILES string of the molecule is Cc1nsc(NC(=O)CC2(CN)CCC2)n1. The van der Waals surface area contributed by atoms with Gasteiger partial charge in [0.15, 0.2) is 0 Å². The van der Waals surface area contributed by atoms with E-state index < -0.39 is 0 Å². The second kappa shape index (κ2) is 4.47. The molecule has 1 aliphatic rings. The molecule has 1 aromatic heterocycles. The van der Waals surface area contributed by atoms with Gasteiger partial charge in [-0.25, -0.2) is 4.98 Å². The average Bonchev–Trinajstić information content (AvgIpc) is 2.57. The van der Waals surface area contributed by atoms with Crippen molar-refractivity contribution in [2.24, 2.45) is 11.1 Å². The zero-order chi connectivity index (χ0) is 11.6. The highest BCUT2D eigenvalue weighted by molar-refractivity contribution is 7.09. The number of amides is 1. The Hall–Kier alpha value is -1.01. The lowest BCUT2D eigenvalue weighted by Crippen LogP contribution is -2.40. The minimum Gasteiger partial charge on any atom is -0.330 e. The van der Waals surface area contributed by atoms with Gasteiger partial charge < -0.3 is 11.1 Å². The molecule has 2 rings (SSSR count). The van der Waals surface area contributed by atoms with Gasteiger partial charge in [0.2, 0.25) is 11.0 Å². The van der Waals surface area contributed by atoms with Crippen LogP contribution in [-0.4, -0.2) is 21.8 Å². The number of hydrogen-bond donors (Lipinski definition) is 2. The first kappa shape index (κ1) is 11.5. The summed E-state index contributed by atoms with van der Waals surface area (Å²) >= 11 is 1.21. The Labute approximate surface area is 98.6 Å². The summed E-state index contributed by atoms with van der Waals surface area (Å²) in [5.41, 5.74) is 5.75. The molecule has 0 unspecified atom stereocenters. The first-order chi connectivity index (χ1) is 7.63. The Morgan fingerprint density at radius 2 is 2.38 bits per heavy atom. The number of carbonyl (C=O) groups excluding carboxylic acids is 1. The molecule has 0 aliphatic heterocycles. The monoisotopic (exact) mass is 240 g/mol. The summed E-state index contributed by atoms with van der Waals surface area (Å²) in [5, 5.41) is 3.35. The van der Waals surface area contributed by atoms with Crippen LogP contribution in [0.3, 0.4) is 0 Å². The molecule has 1 fully saturated rings. The van der Waals surface area contributed by atoms with E-state index in [0.29, 0.717) is 23.9 Å². The highest BCUT2D eigenvalue weighted by Gasteiger charge is 2.37. The predicted octanol–water partition coefficient (Wildman–Crippen LogP) is 1.30. The molecule has 5 nitrogen and oxygen atoms in total. The fraction of sp³-hybridized carbons (Fsp3) is 0.700. The molecule has 0 atom stereocenters. The summed E-state index contributed by atoms with van der Waals surface area (Å²) in [6, 6.07) is 0. The smallest absolute Gasteiger partial charge is 0.226 e. The highest BCUT2D eigenvalue weighted by Crippen LogP contribution is 2.43. The molecule has 1 amide bonds. The summed E-state index contributed by atoms with van der Waals surface area (Å²) in [7, 11) is 0. The molecule has 0 spiro atoms. The lowest BCUT2D eigenvalue weighted by Gasteiger charge is -2.40. The van der Waals surface area contributed by atoms with Crippen molar-refractivity contribution in [1.29, 1.82) is 0 Å². The van der Waals surface area contributed by atoms with Crippen LogP contribution in [-0.2, 0) is 4.79 Å². The van der Waals surface area contributed by atoms with Gasteiger partial charge in [0, 0.05) is 18.0 Å². The van der Waals surface area contributed by atoms with E-state index in [9.17, 15) is 4.79 Å². The van der Waals surface area contributed by atoms with Crippen LogP contribution in [0.15, 0.2) is 0 Å². The van der Waals surface area contributed by atoms with E-state index in [0.717, 1.165) is 12.8 Å². The highest BCUT2D eigenvalue weighted by atomic mass is 32.1. The van der Waals surface area contributed by atoms with Crippen LogP contribution < -0.4 is 11.1 Å². The molecule has 1 saturated carbocycles. The maximum absolute atomic E-state index is 11.8. The number of aromatic nitrogens is 2. The van der Waals surface area contributed by atoms with Crippen molar-refractivity contribution < 1.29 is 4.79 Å². The second-order valence-electron chi connectivity index (χ2n) is 4.43. The Balaban J connectivity index is 1.89. The fourth-order valence-corrected chi connectivity index (χ4v) is 2.57. The second-order valence-corrected chi connectivity index (χ2v) is 5.18. The Morgan fingerprint density at radius 3 is 2.81 bits per heavy atom. The van der Waals surface area contributed by atoms with Crippen LogP contribution in [0.2, 0.25) is 0 Å². The standard InChI is InChI=1S/C10H16N4OS/c1-7-12-9(16-14-7)13-8(15)5-10(6-11)3-2-4-10/h2-6,11H2,1H3,(H,12,13,14,15). The number of nitrogens with two attached hydrogens (primary N) is 1. The average molecular weight is 240 g/mol. The minimum absolute atomic E-state index is 0.00120. The molecule has 0 aromatic carbocycles. The van der Waals surface area contributed by atoms with Gasteiger partial charge in [-0.3, -0.25) is 4.79 Å². The molecule has 16 heavy (non-hydrogen) atoms. The van der Waals surface area contributed by atoms with Crippen LogP contribution in [0.1, 0.15) is 31.5 Å². The van der Waals surface area contributed by atoms with Gasteiger partial charge >= 0.3 is 0 Å². The maximum atomic E-state index is 11.8. The molecule has 88 valence electrons. The van der Waals surface area contributed by atoms with Gasteiger partial charge in [0.05, 0.1) is 0 Å². The number of nitrogens with zero attached hydrogens (tertiary/aromatic N) is 2. The lowest BCUT2D eigenvalue weighted by atomic mass is 9.66. The van der Waals surface area contributed by atoms with Crippen LogP contribution in [0.25, 0.3) is 0 Å². The number of nitrogens with one attached hydrogen (secondary N) is 1. The van der Waals surface area contributed by atoms with E-state index in [1.807, 2.05) is 0 Å². The molecular formula is C10H16N4OS. The first-order valence-corrected chi connectivity index (χ1v) is 6.21. The molecule has 1 heterocycles. The van der Waals surface area contributed by atoms with Gasteiger partial charge in [-0.2, -0.15) is 4.37 Å². The number of carbonyl (C=O) groups is 1. The molecular weight excluding hydrogens is 224 g/mol. The zero-order valence-electron chi connectivity index (χ0n) is 9.32. The van der Waals surface area contributed by atoms with Crippen molar-refractivity contribution in [3.8, 4) is 0 Å². The topological polar surface area (TPSA) is 80.9 Å². The molecule has 1 aliphatic carbocycles. The largest absolute Gasteiger partial charge is 0.330 e. The van der Waals surface area contributed by atoms with Crippen LogP contribution in [0, 0.1) is 12.3 Å². The van der Waals surface area contributed by atoms with E-state index in [4.69, 9.17) is 5.73 Å². The van der Waals surface area contributed by atoms with Gasteiger partial charge in [-0.1, -0.05) is 6.42 Å². The Bertz CT molecular complexity index is 380. The van der Waals surface area contributed by atoms with E-state index in [2.05, 4.69) is 14.7 Å². The van der Waals surface area contributed by atoms with Gasteiger partial charge in [-0.15, -0.1) is 0 Å². The maximum Gasteiger partial charge on any atom is 0.226 e. The quantitative estimate of drug-likeness (QED) is 0.831. The van der Waals surface area contributed by atoms with E-state index in [1.54, 1.807) is 6.92 Å².